The minimum atomic E-state index is -0.146. The number of methoxy groups -OCH3 is 1. The SMILES string of the molecule is COc1ccccc1[C@H]1CC(=O)Nc2c1c(C)nn2-c1ccc2nncn2n1. The molecule has 0 saturated heterocycles. The van der Waals surface area contributed by atoms with E-state index in [2.05, 4.69) is 25.7 Å². The normalized spacial score (nSPS) is 16.1. The van der Waals surface area contributed by atoms with Gasteiger partial charge in [0.25, 0.3) is 0 Å². The predicted octanol–water partition coefficient (Wildman–Crippen LogP) is 2.10. The Labute approximate surface area is 160 Å². The molecule has 1 N–H and O–H groups in total. The number of benzene rings is 1. The molecule has 0 aliphatic carbocycles. The van der Waals surface area contributed by atoms with Gasteiger partial charge in [0.15, 0.2) is 11.5 Å². The average molecular weight is 375 g/mol. The van der Waals surface area contributed by atoms with Gasteiger partial charge in [-0.05, 0) is 25.1 Å². The van der Waals surface area contributed by atoms with E-state index in [4.69, 9.17) is 4.74 Å². The quantitative estimate of drug-likeness (QED) is 0.589. The van der Waals surface area contributed by atoms with Crippen molar-refractivity contribution in [1.82, 2.24) is 29.6 Å². The van der Waals surface area contributed by atoms with Crippen LogP contribution in [0.4, 0.5) is 5.82 Å². The molecule has 0 spiro atoms. The lowest BCUT2D eigenvalue weighted by Gasteiger charge is -2.25. The van der Waals surface area contributed by atoms with Crippen LogP contribution in [0.15, 0.2) is 42.7 Å². The Hall–Kier alpha value is -3.75. The van der Waals surface area contributed by atoms with E-state index in [-0.39, 0.29) is 11.8 Å². The number of aromatic nitrogens is 6. The number of fused-ring (bicyclic) bond motifs is 2. The number of nitrogens with zero attached hydrogens (tertiary/aromatic N) is 6. The summed E-state index contributed by atoms with van der Waals surface area (Å²) in [7, 11) is 1.64. The number of rotatable bonds is 3. The molecule has 4 aromatic rings. The van der Waals surface area contributed by atoms with Gasteiger partial charge < -0.3 is 10.1 Å². The van der Waals surface area contributed by atoms with Gasteiger partial charge in [-0.3, -0.25) is 4.79 Å². The van der Waals surface area contributed by atoms with Crippen LogP contribution in [-0.4, -0.2) is 42.6 Å². The van der Waals surface area contributed by atoms with Crippen LogP contribution in [0.5, 0.6) is 5.75 Å². The van der Waals surface area contributed by atoms with Gasteiger partial charge in [0, 0.05) is 23.5 Å². The standard InChI is InChI=1S/C19H17N7O2/c1-11-18-13(12-5-3-4-6-14(12)28-2)9-17(27)21-19(18)26(23-11)16-8-7-15-22-20-10-25(15)24-16/h3-8,10,13H,9H2,1-2H3,(H,21,27)/t13-/m1/s1. The molecule has 140 valence electrons. The third kappa shape index (κ3) is 2.43. The molecule has 3 aromatic heterocycles. The molecule has 4 heterocycles. The molecule has 0 saturated carbocycles. The molecular weight excluding hydrogens is 358 g/mol. The van der Waals surface area contributed by atoms with Gasteiger partial charge in [0.2, 0.25) is 5.91 Å². The number of para-hydroxylation sites is 1. The highest BCUT2D eigenvalue weighted by molar-refractivity contribution is 5.95. The smallest absolute Gasteiger partial charge is 0.226 e. The fraction of sp³-hybridized carbons (Fsp3) is 0.211. The summed E-state index contributed by atoms with van der Waals surface area (Å²) < 4.78 is 8.76. The Morgan fingerprint density at radius 2 is 2.04 bits per heavy atom. The second kappa shape index (κ2) is 6.15. The molecule has 1 aliphatic rings. The fourth-order valence-electron chi connectivity index (χ4n) is 3.76. The molecule has 9 heteroatoms. The summed E-state index contributed by atoms with van der Waals surface area (Å²) in [6.45, 7) is 1.94. The summed E-state index contributed by atoms with van der Waals surface area (Å²) >= 11 is 0. The van der Waals surface area contributed by atoms with Crippen LogP contribution in [0, 0.1) is 6.92 Å². The molecule has 1 amide bonds. The first kappa shape index (κ1) is 16.4. The minimum absolute atomic E-state index is 0.0741. The number of ether oxygens (including phenoxy) is 1. The summed E-state index contributed by atoms with van der Waals surface area (Å²) in [6, 6.07) is 11.4. The zero-order valence-corrected chi connectivity index (χ0v) is 15.3. The van der Waals surface area contributed by atoms with E-state index in [1.54, 1.807) is 28.4 Å². The lowest BCUT2D eigenvalue weighted by molar-refractivity contribution is -0.116. The van der Waals surface area contributed by atoms with Crippen LogP contribution in [0.25, 0.3) is 11.5 Å². The molecule has 0 radical (unpaired) electrons. The van der Waals surface area contributed by atoms with Crippen LogP contribution >= 0.6 is 0 Å². The number of anilines is 1. The zero-order valence-electron chi connectivity index (χ0n) is 15.3. The van der Waals surface area contributed by atoms with Gasteiger partial charge in [-0.15, -0.1) is 15.3 Å². The lowest BCUT2D eigenvalue weighted by Crippen LogP contribution is -2.25. The topological polar surface area (TPSA) is 99.2 Å². The van der Waals surface area contributed by atoms with E-state index in [0.29, 0.717) is 23.7 Å². The number of carbonyl (C=O) groups is 1. The molecule has 0 bridgehead atoms. The number of nitrogens with one attached hydrogen (secondary N) is 1. The van der Waals surface area contributed by atoms with Crippen LogP contribution < -0.4 is 10.1 Å². The zero-order chi connectivity index (χ0) is 19.3. The van der Waals surface area contributed by atoms with Crippen molar-refractivity contribution in [2.75, 3.05) is 12.4 Å². The Morgan fingerprint density at radius 3 is 2.89 bits per heavy atom. The van der Waals surface area contributed by atoms with Crippen LogP contribution in [-0.2, 0) is 4.79 Å². The fourth-order valence-corrected chi connectivity index (χ4v) is 3.76. The third-order valence-electron chi connectivity index (χ3n) is 4.98. The van der Waals surface area contributed by atoms with E-state index in [0.717, 1.165) is 22.6 Å². The van der Waals surface area contributed by atoms with E-state index in [1.165, 1.54) is 6.33 Å². The first-order chi connectivity index (χ1) is 13.7. The van der Waals surface area contributed by atoms with Crippen molar-refractivity contribution in [3.05, 3.63) is 59.5 Å². The summed E-state index contributed by atoms with van der Waals surface area (Å²) in [5.74, 6) is 1.73. The number of carbonyl (C=O) groups excluding carboxylic acids is 1. The second-order valence-corrected chi connectivity index (χ2v) is 6.63. The molecule has 0 unspecified atom stereocenters. The first-order valence-corrected chi connectivity index (χ1v) is 8.85. The van der Waals surface area contributed by atoms with Gasteiger partial charge >= 0.3 is 0 Å². The largest absolute Gasteiger partial charge is 0.496 e. The average Bonchev–Trinajstić information content (AvgIpc) is 3.31. The number of hydrogen-bond donors (Lipinski definition) is 1. The number of aryl methyl sites for hydroxylation is 1. The van der Waals surface area contributed by atoms with E-state index < -0.39 is 0 Å². The molecule has 1 aromatic carbocycles. The van der Waals surface area contributed by atoms with E-state index in [9.17, 15) is 4.79 Å². The monoisotopic (exact) mass is 375 g/mol. The summed E-state index contributed by atoms with van der Waals surface area (Å²) in [5.41, 5.74) is 3.40. The highest BCUT2D eigenvalue weighted by Crippen LogP contribution is 2.42. The lowest BCUT2D eigenvalue weighted by atomic mass is 9.85. The molecule has 5 rings (SSSR count). The van der Waals surface area contributed by atoms with Crippen molar-refractivity contribution in [2.45, 2.75) is 19.3 Å². The molecule has 28 heavy (non-hydrogen) atoms. The summed E-state index contributed by atoms with van der Waals surface area (Å²) in [6.07, 6.45) is 1.86. The van der Waals surface area contributed by atoms with Crippen LogP contribution in [0.2, 0.25) is 0 Å². The summed E-state index contributed by atoms with van der Waals surface area (Å²) in [4.78, 5) is 12.5. The van der Waals surface area contributed by atoms with Crippen molar-refractivity contribution in [1.29, 1.82) is 0 Å². The van der Waals surface area contributed by atoms with Gasteiger partial charge in [-0.2, -0.15) is 14.3 Å². The molecule has 9 nitrogen and oxygen atoms in total. The highest BCUT2D eigenvalue weighted by Gasteiger charge is 2.34. The van der Waals surface area contributed by atoms with Crippen molar-refractivity contribution in [3.63, 3.8) is 0 Å². The predicted molar refractivity (Wildman–Crippen MR) is 101 cm³/mol. The number of hydrogen-bond acceptors (Lipinski definition) is 6. The summed E-state index contributed by atoms with van der Waals surface area (Å²) in [5, 5.41) is 19.9. The van der Waals surface area contributed by atoms with Crippen LogP contribution in [0.3, 0.4) is 0 Å². The van der Waals surface area contributed by atoms with E-state index in [1.807, 2.05) is 31.2 Å². The Bertz CT molecular complexity index is 1210. The Kier molecular flexibility index (Phi) is 3.61. The maximum atomic E-state index is 12.5. The maximum absolute atomic E-state index is 12.5. The molecular formula is C19H17N7O2. The molecule has 0 fully saturated rings. The van der Waals surface area contributed by atoms with Gasteiger partial charge in [-0.1, -0.05) is 18.2 Å². The van der Waals surface area contributed by atoms with Gasteiger partial charge in [0.1, 0.15) is 17.9 Å². The molecule has 1 atom stereocenters. The first-order valence-electron chi connectivity index (χ1n) is 8.85. The third-order valence-corrected chi connectivity index (χ3v) is 4.98. The van der Waals surface area contributed by atoms with Crippen molar-refractivity contribution < 1.29 is 9.53 Å². The maximum Gasteiger partial charge on any atom is 0.226 e. The van der Waals surface area contributed by atoms with E-state index >= 15 is 0 Å². The minimum Gasteiger partial charge on any atom is -0.496 e. The van der Waals surface area contributed by atoms with Gasteiger partial charge in [0.05, 0.1) is 12.8 Å². The highest BCUT2D eigenvalue weighted by atomic mass is 16.5. The van der Waals surface area contributed by atoms with Gasteiger partial charge in [-0.25, -0.2) is 0 Å². The Balaban J connectivity index is 1.69. The number of amides is 1. The van der Waals surface area contributed by atoms with Crippen LogP contribution in [0.1, 0.15) is 29.2 Å². The van der Waals surface area contributed by atoms with Crippen molar-refractivity contribution >= 4 is 17.4 Å². The molecule has 1 aliphatic heterocycles. The second-order valence-electron chi connectivity index (χ2n) is 6.63. The Morgan fingerprint density at radius 1 is 1.18 bits per heavy atom. The van der Waals surface area contributed by atoms with Crippen molar-refractivity contribution in [2.24, 2.45) is 0 Å². The van der Waals surface area contributed by atoms with Crippen molar-refractivity contribution in [3.8, 4) is 11.6 Å².